The molecule has 132 valence electrons. The Morgan fingerprint density at radius 1 is 1.12 bits per heavy atom. The van der Waals surface area contributed by atoms with Gasteiger partial charge in [0.05, 0.1) is 6.04 Å². The summed E-state index contributed by atoms with van der Waals surface area (Å²) in [5.74, 6) is 3.20. The van der Waals surface area contributed by atoms with Crippen molar-refractivity contribution in [1.82, 2.24) is 24.7 Å². The van der Waals surface area contributed by atoms with E-state index >= 15 is 0 Å². The van der Waals surface area contributed by atoms with E-state index in [-0.39, 0.29) is 6.04 Å². The number of hydrogen-bond donors (Lipinski definition) is 0. The number of rotatable bonds is 2. The summed E-state index contributed by atoms with van der Waals surface area (Å²) in [7, 11) is 0. The molecule has 4 aromatic rings. The molecule has 5 rings (SSSR count). The lowest BCUT2D eigenvalue weighted by Gasteiger charge is -2.34. The van der Waals surface area contributed by atoms with Crippen LogP contribution in [0.2, 0.25) is 0 Å². The molecule has 0 saturated heterocycles. The molecule has 7 heteroatoms. The second-order valence-electron chi connectivity index (χ2n) is 7.07. The van der Waals surface area contributed by atoms with Crippen molar-refractivity contribution >= 4 is 27.9 Å². The molecule has 1 aliphatic rings. The third kappa shape index (κ3) is 2.06. The Kier molecular flexibility index (Phi) is 3.25. The van der Waals surface area contributed by atoms with Crippen molar-refractivity contribution < 1.29 is 4.42 Å². The van der Waals surface area contributed by atoms with Crippen molar-refractivity contribution in [2.24, 2.45) is 0 Å². The summed E-state index contributed by atoms with van der Waals surface area (Å²) in [5, 5.41) is 9.87. The molecule has 1 unspecified atom stereocenters. The highest BCUT2D eigenvalue weighted by molar-refractivity contribution is 6.05. The molecule has 4 heterocycles. The number of nitrogens with zero attached hydrogens (tertiary/aromatic N) is 6. The van der Waals surface area contributed by atoms with Crippen molar-refractivity contribution in [1.29, 1.82) is 0 Å². The van der Waals surface area contributed by atoms with Gasteiger partial charge in [-0.25, -0.2) is 9.97 Å². The third-order valence-electron chi connectivity index (χ3n) is 5.14. The monoisotopic (exact) mass is 348 g/mol. The highest BCUT2D eigenvalue weighted by Gasteiger charge is 2.31. The SMILES string of the molecule is CC(C)c1nnc2n1CCN(c1ncnc3c1oc1ccccc13)C2C. The van der Waals surface area contributed by atoms with Gasteiger partial charge in [-0.1, -0.05) is 26.0 Å². The lowest BCUT2D eigenvalue weighted by Crippen LogP contribution is -2.38. The smallest absolute Gasteiger partial charge is 0.196 e. The summed E-state index contributed by atoms with van der Waals surface area (Å²) >= 11 is 0. The van der Waals surface area contributed by atoms with Gasteiger partial charge in [-0.2, -0.15) is 0 Å². The fourth-order valence-corrected chi connectivity index (χ4v) is 3.84. The number of anilines is 1. The molecule has 0 bridgehead atoms. The molecule has 0 radical (unpaired) electrons. The first kappa shape index (κ1) is 15.3. The second-order valence-corrected chi connectivity index (χ2v) is 7.07. The summed E-state index contributed by atoms with van der Waals surface area (Å²) in [5.41, 5.74) is 2.42. The van der Waals surface area contributed by atoms with Gasteiger partial charge >= 0.3 is 0 Å². The fraction of sp³-hybridized carbons (Fsp3) is 0.368. The van der Waals surface area contributed by atoms with Gasteiger partial charge in [0.15, 0.2) is 17.2 Å². The Bertz CT molecular complexity index is 1110. The van der Waals surface area contributed by atoms with E-state index in [0.717, 1.165) is 52.6 Å². The van der Waals surface area contributed by atoms with Gasteiger partial charge in [-0.15, -0.1) is 10.2 Å². The van der Waals surface area contributed by atoms with Crippen LogP contribution < -0.4 is 4.90 Å². The van der Waals surface area contributed by atoms with Crippen LogP contribution in [0.3, 0.4) is 0 Å². The van der Waals surface area contributed by atoms with Crippen LogP contribution in [0.25, 0.3) is 22.1 Å². The maximum atomic E-state index is 6.11. The van der Waals surface area contributed by atoms with Crippen LogP contribution in [0.1, 0.15) is 44.4 Å². The van der Waals surface area contributed by atoms with Gasteiger partial charge in [-0.3, -0.25) is 0 Å². The Morgan fingerprint density at radius 2 is 1.96 bits per heavy atom. The molecule has 1 atom stereocenters. The van der Waals surface area contributed by atoms with Crippen LogP contribution >= 0.6 is 0 Å². The molecule has 0 spiro atoms. The van der Waals surface area contributed by atoms with E-state index in [1.807, 2.05) is 24.3 Å². The minimum Gasteiger partial charge on any atom is -0.450 e. The molecule has 3 aromatic heterocycles. The van der Waals surface area contributed by atoms with Crippen molar-refractivity contribution in [2.45, 2.75) is 39.3 Å². The Morgan fingerprint density at radius 3 is 2.81 bits per heavy atom. The van der Waals surface area contributed by atoms with Crippen molar-refractivity contribution in [3.05, 3.63) is 42.2 Å². The summed E-state index contributed by atoms with van der Waals surface area (Å²) in [6, 6.07) is 8.03. The normalized spacial score (nSPS) is 17.4. The van der Waals surface area contributed by atoms with Crippen LogP contribution in [-0.2, 0) is 6.54 Å². The largest absolute Gasteiger partial charge is 0.450 e. The minimum atomic E-state index is 0.0649. The quantitative estimate of drug-likeness (QED) is 0.550. The summed E-state index contributed by atoms with van der Waals surface area (Å²) in [4.78, 5) is 11.2. The predicted octanol–water partition coefficient (Wildman–Crippen LogP) is 3.67. The Hall–Kier alpha value is -2.96. The first-order chi connectivity index (χ1) is 12.6. The molecular formula is C19H20N6O. The van der Waals surface area contributed by atoms with Gasteiger partial charge in [0.2, 0.25) is 0 Å². The molecule has 0 aliphatic carbocycles. The zero-order valence-electron chi connectivity index (χ0n) is 15.0. The van der Waals surface area contributed by atoms with E-state index in [0.29, 0.717) is 5.92 Å². The second kappa shape index (κ2) is 5.52. The van der Waals surface area contributed by atoms with Gasteiger partial charge in [0.1, 0.15) is 23.3 Å². The molecule has 26 heavy (non-hydrogen) atoms. The van der Waals surface area contributed by atoms with Crippen molar-refractivity contribution in [3.63, 3.8) is 0 Å². The van der Waals surface area contributed by atoms with E-state index in [2.05, 4.69) is 50.4 Å². The molecular weight excluding hydrogens is 328 g/mol. The summed E-state index contributed by atoms with van der Waals surface area (Å²) in [6.07, 6.45) is 1.62. The highest BCUT2D eigenvalue weighted by atomic mass is 16.3. The molecule has 0 saturated carbocycles. The van der Waals surface area contributed by atoms with Crippen molar-refractivity contribution in [3.8, 4) is 0 Å². The molecule has 0 N–H and O–H groups in total. The van der Waals surface area contributed by atoms with Crippen LogP contribution in [0.5, 0.6) is 0 Å². The van der Waals surface area contributed by atoms with E-state index in [9.17, 15) is 0 Å². The molecule has 0 fully saturated rings. The topological polar surface area (TPSA) is 72.9 Å². The summed E-state index contributed by atoms with van der Waals surface area (Å²) in [6.45, 7) is 8.11. The highest BCUT2D eigenvalue weighted by Crippen LogP contribution is 2.36. The standard InChI is InChI=1S/C19H20N6O/c1-11(2)17-22-23-18-12(3)24(8-9-25(17)18)19-16-15(20-10-21-19)13-6-4-5-7-14(13)26-16/h4-7,10-12H,8-9H2,1-3H3. The zero-order valence-corrected chi connectivity index (χ0v) is 15.0. The number of aromatic nitrogens is 5. The lowest BCUT2D eigenvalue weighted by atomic mass is 10.1. The van der Waals surface area contributed by atoms with Crippen molar-refractivity contribution in [2.75, 3.05) is 11.4 Å². The Labute approximate surface area is 150 Å². The van der Waals surface area contributed by atoms with E-state index < -0.39 is 0 Å². The van der Waals surface area contributed by atoms with Gasteiger partial charge in [-0.05, 0) is 19.1 Å². The molecule has 0 amide bonds. The van der Waals surface area contributed by atoms with E-state index in [4.69, 9.17) is 4.42 Å². The number of fused-ring (bicyclic) bond motifs is 4. The fourth-order valence-electron chi connectivity index (χ4n) is 3.84. The minimum absolute atomic E-state index is 0.0649. The number of hydrogen-bond acceptors (Lipinski definition) is 6. The first-order valence-electron chi connectivity index (χ1n) is 8.97. The molecule has 7 nitrogen and oxygen atoms in total. The average Bonchev–Trinajstić information content (AvgIpc) is 3.24. The van der Waals surface area contributed by atoms with Crippen LogP contribution in [0, 0.1) is 0 Å². The van der Waals surface area contributed by atoms with E-state index in [1.165, 1.54) is 0 Å². The first-order valence-corrected chi connectivity index (χ1v) is 8.97. The van der Waals surface area contributed by atoms with E-state index in [1.54, 1.807) is 6.33 Å². The molecule has 1 aliphatic heterocycles. The van der Waals surface area contributed by atoms with Crippen LogP contribution in [0.15, 0.2) is 35.0 Å². The average molecular weight is 348 g/mol. The zero-order chi connectivity index (χ0) is 17.8. The molecule has 1 aromatic carbocycles. The number of para-hydroxylation sites is 1. The summed E-state index contributed by atoms with van der Waals surface area (Å²) < 4.78 is 8.35. The lowest BCUT2D eigenvalue weighted by molar-refractivity contribution is 0.475. The number of furan rings is 1. The predicted molar refractivity (Wildman–Crippen MR) is 99.2 cm³/mol. The maximum absolute atomic E-state index is 6.11. The Balaban J connectivity index is 1.64. The maximum Gasteiger partial charge on any atom is 0.196 e. The van der Waals surface area contributed by atoms with Gasteiger partial charge < -0.3 is 13.9 Å². The number of benzene rings is 1. The van der Waals surface area contributed by atoms with Crippen LogP contribution in [-0.4, -0.2) is 31.3 Å². The van der Waals surface area contributed by atoms with Gasteiger partial charge in [0.25, 0.3) is 0 Å². The van der Waals surface area contributed by atoms with Gasteiger partial charge in [0, 0.05) is 24.4 Å². The van der Waals surface area contributed by atoms with Crippen LogP contribution in [0.4, 0.5) is 5.82 Å². The third-order valence-corrected chi connectivity index (χ3v) is 5.14.